The molecule has 0 heterocycles. The molecule has 110 valence electrons. The molecule has 0 aromatic heterocycles. The van der Waals surface area contributed by atoms with Gasteiger partial charge in [0.05, 0.1) is 0 Å². The fourth-order valence-electron chi connectivity index (χ4n) is 2.56. The Morgan fingerprint density at radius 2 is 1.76 bits per heavy atom. The largest absolute Gasteiger partial charge is 0.380 e. The van der Waals surface area contributed by atoms with Crippen molar-refractivity contribution < 1.29 is 0 Å². The van der Waals surface area contributed by atoms with E-state index in [2.05, 4.69) is 69.1 Å². The summed E-state index contributed by atoms with van der Waals surface area (Å²) in [5.74, 6) is 0.932. The average Bonchev–Trinajstić information content (AvgIpc) is 2.45. The molecule has 2 heteroatoms. The molecule has 2 aromatic carbocycles. The Balaban J connectivity index is 2.15. The minimum Gasteiger partial charge on any atom is -0.380 e. The summed E-state index contributed by atoms with van der Waals surface area (Å²) >= 11 is 1.81. The van der Waals surface area contributed by atoms with Gasteiger partial charge >= 0.3 is 0 Å². The summed E-state index contributed by atoms with van der Waals surface area (Å²) in [5, 5.41) is 3.58. The molecule has 1 N–H and O–H groups in total. The van der Waals surface area contributed by atoms with Crippen molar-refractivity contribution in [1.29, 1.82) is 0 Å². The van der Waals surface area contributed by atoms with Crippen LogP contribution in [0.4, 0.5) is 5.69 Å². The Hall–Kier alpha value is -1.67. The van der Waals surface area contributed by atoms with Crippen molar-refractivity contribution in [1.82, 2.24) is 0 Å². The number of aryl methyl sites for hydroxylation is 3. The SMILES string of the molecule is C=CCSc1ccccc1NCc1c(C)cc(C)cc1C. The van der Waals surface area contributed by atoms with Gasteiger partial charge in [-0.15, -0.1) is 18.3 Å². The third kappa shape index (κ3) is 4.15. The zero-order chi connectivity index (χ0) is 15.2. The summed E-state index contributed by atoms with van der Waals surface area (Å²) in [6, 6.07) is 13.0. The van der Waals surface area contributed by atoms with Crippen LogP contribution in [0.5, 0.6) is 0 Å². The predicted octanol–water partition coefficient (Wildman–Crippen LogP) is 5.50. The molecule has 0 saturated heterocycles. The molecule has 0 bridgehead atoms. The first kappa shape index (κ1) is 15.7. The van der Waals surface area contributed by atoms with E-state index in [-0.39, 0.29) is 0 Å². The monoisotopic (exact) mass is 297 g/mol. The second-order valence-electron chi connectivity index (χ2n) is 5.33. The maximum absolute atomic E-state index is 3.79. The maximum Gasteiger partial charge on any atom is 0.0481 e. The number of rotatable bonds is 6. The zero-order valence-electron chi connectivity index (χ0n) is 13.1. The number of thioether (sulfide) groups is 1. The smallest absolute Gasteiger partial charge is 0.0481 e. The van der Waals surface area contributed by atoms with Gasteiger partial charge in [0, 0.05) is 22.9 Å². The van der Waals surface area contributed by atoms with Crippen LogP contribution in [0.3, 0.4) is 0 Å². The number of hydrogen-bond donors (Lipinski definition) is 1. The normalized spacial score (nSPS) is 10.4. The minimum absolute atomic E-state index is 0.865. The molecule has 0 fully saturated rings. The van der Waals surface area contributed by atoms with E-state index in [1.54, 1.807) is 0 Å². The Bertz CT molecular complexity index is 608. The van der Waals surface area contributed by atoms with Crippen molar-refractivity contribution in [2.45, 2.75) is 32.2 Å². The lowest BCUT2D eigenvalue weighted by molar-refractivity contribution is 1.07. The topological polar surface area (TPSA) is 12.0 Å². The number of nitrogens with one attached hydrogen (secondary N) is 1. The molecule has 1 nitrogen and oxygen atoms in total. The summed E-state index contributed by atoms with van der Waals surface area (Å²) < 4.78 is 0. The van der Waals surface area contributed by atoms with Crippen LogP contribution in [0.25, 0.3) is 0 Å². The molecule has 0 amide bonds. The van der Waals surface area contributed by atoms with Crippen molar-refractivity contribution in [3.05, 3.63) is 71.3 Å². The molecular formula is C19H23NS. The van der Waals surface area contributed by atoms with Crippen LogP contribution in [-0.4, -0.2) is 5.75 Å². The molecule has 0 aliphatic rings. The van der Waals surface area contributed by atoms with E-state index >= 15 is 0 Å². The Kier molecular flexibility index (Phi) is 5.51. The molecule has 0 radical (unpaired) electrons. The fourth-order valence-corrected chi connectivity index (χ4v) is 3.33. The van der Waals surface area contributed by atoms with Crippen molar-refractivity contribution in [2.75, 3.05) is 11.1 Å². The van der Waals surface area contributed by atoms with Gasteiger partial charge in [-0.2, -0.15) is 0 Å². The highest BCUT2D eigenvalue weighted by molar-refractivity contribution is 7.99. The first-order valence-corrected chi connectivity index (χ1v) is 8.23. The summed E-state index contributed by atoms with van der Waals surface area (Å²) in [6.45, 7) is 11.2. The molecule has 2 rings (SSSR count). The van der Waals surface area contributed by atoms with Gasteiger partial charge in [0.1, 0.15) is 0 Å². The van der Waals surface area contributed by atoms with Crippen molar-refractivity contribution in [2.24, 2.45) is 0 Å². The van der Waals surface area contributed by atoms with Crippen LogP contribution < -0.4 is 5.32 Å². The van der Waals surface area contributed by atoms with Crippen LogP contribution in [0.1, 0.15) is 22.3 Å². The van der Waals surface area contributed by atoms with Crippen LogP contribution in [0.15, 0.2) is 53.9 Å². The number of benzene rings is 2. The van der Waals surface area contributed by atoms with Crippen LogP contribution in [0.2, 0.25) is 0 Å². The average molecular weight is 297 g/mol. The van der Waals surface area contributed by atoms with Crippen molar-refractivity contribution >= 4 is 17.4 Å². The van der Waals surface area contributed by atoms with Crippen molar-refractivity contribution in [3.8, 4) is 0 Å². The number of anilines is 1. The van der Waals surface area contributed by atoms with Gasteiger partial charge in [-0.05, 0) is 49.6 Å². The summed E-state index contributed by atoms with van der Waals surface area (Å²) in [7, 11) is 0. The Morgan fingerprint density at radius 3 is 2.43 bits per heavy atom. The molecule has 0 spiro atoms. The first-order valence-electron chi connectivity index (χ1n) is 7.25. The molecule has 2 aromatic rings. The summed E-state index contributed by atoms with van der Waals surface area (Å²) in [6.07, 6.45) is 1.94. The van der Waals surface area contributed by atoms with Gasteiger partial charge < -0.3 is 5.32 Å². The zero-order valence-corrected chi connectivity index (χ0v) is 13.9. The fraction of sp³-hybridized carbons (Fsp3) is 0.263. The molecule has 0 aliphatic heterocycles. The molecule has 0 atom stereocenters. The maximum atomic E-state index is 3.79. The Labute approximate surface area is 132 Å². The van der Waals surface area contributed by atoms with E-state index in [0.717, 1.165) is 12.3 Å². The van der Waals surface area contributed by atoms with Crippen LogP contribution in [0, 0.1) is 20.8 Å². The minimum atomic E-state index is 0.865. The standard InChI is InChI=1S/C19H23NS/c1-5-10-21-19-9-7-6-8-18(19)20-13-17-15(3)11-14(2)12-16(17)4/h5-9,11-12,20H,1,10,13H2,2-4H3. The summed E-state index contributed by atoms with van der Waals surface area (Å²) in [5.41, 5.74) is 6.64. The number of para-hydroxylation sites is 1. The third-order valence-electron chi connectivity index (χ3n) is 3.54. The van der Waals surface area contributed by atoms with E-state index in [4.69, 9.17) is 0 Å². The van der Waals surface area contributed by atoms with Gasteiger partial charge in [0.2, 0.25) is 0 Å². The lowest BCUT2D eigenvalue weighted by Crippen LogP contribution is -2.05. The lowest BCUT2D eigenvalue weighted by atomic mass is 10.00. The molecule has 0 saturated carbocycles. The first-order chi connectivity index (χ1) is 10.1. The van der Waals surface area contributed by atoms with Gasteiger partial charge in [-0.1, -0.05) is 35.9 Å². The van der Waals surface area contributed by atoms with E-state index in [9.17, 15) is 0 Å². The molecular weight excluding hydrogens is 274 g/mol. The second kappa shape index (κ2) is 7.37. The predicted molar refractivity (Wildman–Crippen MR) is 95.3 cm³/mol. The molecule has 0 unspecified atom stereocenters. The highest BCUT2D eigenvalue weighted by atomic mass is 32.2. The highest BCUT2D eigenvalue weighted by Gasteiger charge is 2.06. The van der Waals surface area contributed by atoms with Gasteiger partial charge in [0.25, 0.3) is 0 Å². The van der Waals surface area contributed by atoms with Gasteiger partial charge in [0.15, 0.2) is 0 Å². The van der Waals surface area contributed by atoms with Gasteiger partial charge in [-0.3, -0.25) is 0 Å². The van der Waals surface area contributed by atoms with E-state index in [0.29, 0.717) is 0 Å². The highest BCUT2D eigenvalue weighted by Crippen LogP contribution is 2.28. The number of hydrogen-bond acceptors (Lipinski definition) is 2. The summed E-state index contributed by atoms with van der Waals surface area (Å²) in [4.78, 5) is 1.28. The van der Waals surface area contributed by atoms with Crippen LogP contribution >= 0.6 is 11.8 Å². The van der Waals surface area contributed by atoms with Crippen LogP contribution in [-0.2, 0) is 6.54 Å². The molecule has 21 heavy (non-hydrogen) atoms. The van der Waals surface area contributed by atoms with Crippen molar-refractivity contribution in [3.63, 3.8) is 0 Å². The van der Waals surface area contributed by atoms with E-state index < -0.39 is 0 Å². The van der Waals surface area contributed by atoms with Gasteiger partial charge in [-0.25, -0.2) is 0 Å². The Morgan fingerprint density at radius 1 is 1.10 bits per heavy atom. The second-order valence-corrected chi connectivity index (χ2v) is 6.39. The van der Waals surface area contributed by atoms with E-state index in [1.165, 1.54) is 32.8 Å². The third-order valence-corrected chi connectivity index (χ3v) is 4.61. The molecule has 0 aliphatic carbocycles. The lowest BCUT2D eigenvalue weighted by Gasteiger charge is -2.15. The van der Waals surface area contributed by atoms with E-state index in [1.807, 2.05) is 17.8 Å². The quantitative estimate of drug-likeness (QED) is 0.558.